The SMILES string of the molecule is O=C(CNc1ccc(S(=O)(=O)N2CCCCC2)cc1)Nc1ccc(N2CCOCC2)cc1. The zero-order valence-electron chi connectivity index (χ0n) is 18.1. The number of sulfonamides is 1. The molecule has 0 atom stereocenters. The molecule has 2 aliphatic rings. The van der Waals surface area contributed by atoms with Gasteiger partial charge in [0.1, 0.15) is 0 Å². The van der Waals surface area contributed by atoms with E-state index in [1.807, 2.05) is 24.3 Å². The van der Waals surface area contributed by atoms with Crippen molar-refractivity contribution in [3.05, 3.63) is 48.5 Å². The van der Waals surface area contributed by atoms with Gasteiger partial charge in [-0.1, -0.05) is 6.42 Å². The number of morpholine rings is 1. The Hall–Kier alpha value is -2.62. The summed E-state index contributed by atoms with van der Waals surface area (Å²) in [6.07, 6.45) is 2.89. The van der Waals surface area contributed by atoms with E-state index in [2.05, 4.69) is 15.5 Å². The number of ether oxygens (including phenoxy) is 1. The van der Waals surface area contributed by atoms with E-state index in [0.717, 1.165) is 56.9 Å². The van der Waals surface area contributed by atoms with Crippen molar-refractivity contribution in [2.75, 3.05) is 61.5 Å². The number of nitrogens with zero attached hydrogens (tertiary/aromatic N) is 2. The number of rotatable bonds is 7. The van der Waals surface area contributed by atoms with Gasteiger partial charge in [-0.15, -0.1) is 0 Å². The standard InChI is InChI=1S/C23H30N4O4S/c28-23(25-20-4-8-21(9-5-20)26-14-16-31-17-15-26)18-24-19-6-10-22(11-7-19)32(29,30)27-12-2-1-3-13-27/h4-11,24H,1-3,12-18H2,(H,25,28). The molecule has 32 heavy (non-hydrogen) atoms. The van der Waals surface area contributed by atoms with Gasteiger partial charge in [0.2, 0.25) is 15.9 Å². The van der Waals surface area contributed by atoms with Crippen molar-refractivity contribution in [3.8, 4) is 0 Å². The summed E-state index contributed by atoms with van der Waals surface area (Å²) in [6.45, 7) is 4.45. The van der Waals surface area contributed by atoms with Crippen molar-refractivity contribution in [1.29, 1.82) is 0 Å². The van der Waals surface area contributed by atoms with Crippen LogP contribution in [0.3, 0.4) is 0 Å². The Morgan fingerprint density at radius 1 is 0.844 bits per heavy atom. The van der Waals surface area contributed by atoms with Gasteiger partial charge in [-0.2, -0.15) is 4.31 Å². The molecule has 2 aromatic rings. The van der Waals surface area contributed by atoms with Crippen LogP contribution < -0.4 is 15.5 Å². The molecule has 4 rings (SSSR count). The summed E-state index contributed by atoms with van der Waals surface area (Å²) in [7, 11) is -3.45. The first-order valence-electron chi connectivity index (χ1n) is 11.1. The van der Waals surface area contributed by atoms with Crippen LogP contribution in [0.25, 0.3) is 0 Å². The van der Waals surface area contributed by atoms with Crippen molar-refractivity contribution in [2.24, 2.45) is 0 Å². The Kier molecular flexibility index (Phi) is 7.29. The largest absolute Gasteiger partial charge is 0.378 e. The Morgan fingerprint density at radius 3 is 2.12 bits per heavy atom. The van der Waals surface area contributed by atoms with Crippen LogP contribution in [0.15, 0.2) is 53.4 Å². The van der Waals surface area contributed by atoms with Gasteiger partial charge < -0.3 is 20.3 Å². The summed E-state index contributed by atoms with van der Waals surface area (Å²) >= 11 is 0. The lowest BCUT2D eigenvalue weighted by Gasteiger charge is -2.28. The molecule has 2 heterocycles. The van der Waals surface area contributed by atoms with Crippen molar-refractivity contribution in [1.82, 2.24) is 4.31 Å². The van der Waals surface area contributed by atoms with Crippen LogP contribution in [0.2, 0.25) is 0 Å². The molecule has 0 bridgehead atoms. The first kappa shape index (κ1) is 22.6. The van der Waals surface area contributed by atoms with Gasteiger partial charge in [0.05, 0.1) is 24.7 Å². The molecule has 2 aromatic carbocycles. The fourth-order valence-electron chi connectivity index (χ4n) is 3.96. The normalized spacial score (nSPS) is 17.7. The highest BCUT2D eigenvalue weighted by Gasteiger charge is 2.25. The van der Waals surface area contributed by atoms with Crippen LogP contribution in [-0.4, -0.2) is 64.6 Å². The summed E-state index contributed by atoms with van der Waals surface area (Å²) in [5, 5.41) is 5.92. The second-order valence-electron chi connectivity index (χ2n) is 8.04. The molecule has 0 aromatic heterocycles. The highest BCUT2D eigenvalue weighted by molar-refractivity contribution is 7.89. The maximum Gasteiger partial charge on any atom is 0.243 e. The van der Waals surface area contributed by atoms with Gasteiger partial charge in [0.25, 0.3) is 0 Å². The molecule has 0 spiro atoms. The lowest BCUT2D eigenvalue weighted by molar-refractivity contribution is -0.114. The van der Waals surface area contributed by atoms with E-state index in [9.17, 15) is 13.2 Å². The summed E-state index contributed by atoms with van der Waals surface area (Å²) in [5.41, 5.74) is 2.54. The number of carbonyl (C=O) groups is 1. The molecule has 2 fully saturated rings. The first-order chi connectivity index (χ1) is 15.5. The second kappa shape index (κ2) is 10.3. The monoisotopic (exact) mass is 458 g/mol. The van der Waals surface area contributed by atoms with Crippen molar-refractivity contribution in [3.63, 3.8) is 0 Å². The van der Waals surface area contributed by atoms with E-state index in [4.69, 9.17) is 4.74 Å². The van der Waals surface area contributed by atoms with E-state index in [1.165, 1.54) is 0 Å². The van der Waals surface area contributed by atoms with E-state index in [1.54, 1.807) is 28.6 Å². The predicted octanol–water partition coefficient (Wildman–Crippen LogP) is 2.75. The minimum atomic E-state index is -3.45. The number of amides is 1. The Balaban J connectivity index is 1.27. The third-order valence-electron chi connectivity index (χ3n) is 5.79. The van der Waals surface area contributed by atoms with E-state index >= 15 is 0 Å². The predicted molar refractivity (Wildman–Crippen MR) is 126 cm³/mol. The molecule has 1 amide bonds. The van der Waals surface area contributed by atoms with Crippen LogP contribution in [0.1, 0.15) is 19.3 Å². The zero-order valence-corrected chi connectivity index (χ0v) is 18.9. The van der Waals surface area contributed by atoms with Crippen LogP contribution in [-0.2, 0) is 19.6 Å². The zero-order chi connectivity index (χ0) is 22.4. The second-order valence-corrected chi connectivity index (χ2v) is 9.98. The summed E-state index contributed by atoms with van der Waals surface area (Å²) in [5.74, 6) is -0.172. The smallest absolute Gasteiger partial charge is 0.243 e. The third-order valence-corrected chi connectivity index (χ3v) is 7.70. The van der Waals surface area contributed by atoms with Crippen molar-refractivity contribution < 1.29 is 17.9 Å². The molecular formula is C23H30N4O4S. The lowest BCUT2D eigenvalue weighted by Crippen LogP contribution is -2.36. The molecule has 2 N–H and O–H groups in total. The van der Waals surface area contributed by atoms with E-state index in [0.29, 0.717) is 18.8 Å². The number of anilines is 3. The topological polar surface area (TPSA) is 91.0 Å². The fraction of sp³-hybridized carbons (Fsp3) is 0.435. The number of hydrogen-bond donors (Lipinski definition) is 2. The summed E-state index contributed by atoms with van der Waals surface area (Å²) in [6, 6.07) is 14.4. The molecule has 0 saturated carbocycles. The van der Waals surface area contributed by atoms with Crippen molar-refractivity contribution in [2.45, 2.75) is 24.2 Å². The number of benzene rings is 2. The molecule has 0 aliphatic carbocycles. The molecular weight excluding hydrogens is 428 g/mol. The average molecular weight is 459 g/mol. The molecule has 172 valence electrons. The molecule has 0 radical (unpaired) electrons. The van der Waals surface area contributed by atoms with E-state index < -0.39 is 10.0 Å². The third kappa shape index (κ3) is 5.59. The first-order valence-corrected chi connectivity index (χ1v) is 12.5. The minimum absolute atomic E-state index is 0.0867. The van der Waals surface area contributed by atoms with Gasteiger partial charge in [0.15, 0.2) is 0 Å². The Labute approximate surface area is 189 Å². The highest BCUT2D eigenvalue weighted by atomic mass is 32.2. The molecule has 9 heteroatoms. The molecule has 2 saturated heterocycles. The van der Waals surface area contributed by atoms with E-state index in [-0.39, 0.29) is 17.3 Å². The van der Waals surface area contributed by atoms with Crippen LogP contribution in [0, 0.1) is 0 Å². The number of nitrogens with one attached hydrogen (secondary N) is 2. The maximum atomic E-state index is 12.7. The lowest BCUT2D eigenvalue weighted by atomic mass is 10.2. The Bertz CT molecular complexity index is 997. The van der Waals surface area contributed by atoms with Gasteiger partial charge in [0, 0.05) is 43.2 Å². The molecule has 8 nitrogen and oxygen atoms in total. The number of hydrogen-bond acceptors (Lipinski definition) is 6. The molecule has 0 unspecified atom stereocenters. The minimum Gasteiger partial charge on any atom is -0.378 e. The fourth-order valence-corrected chi connectivity index (χ4v) is 5.48. The average Bonchev–Trinajstić information content (AvgIpc) is 2.84. The maximum absolute atomic E-state index is 12.7. The Morgan fingerprint density at radius 2 is 1.47 bits per heavy atom. The number of piperidine rings is 1. The number of carbonyl (C=O) groups excluding carboxylic acids is 1. The van der Waals surface area contributed by atoms with Gasteiger partial charge >= 0.3 is 0 Å². The van der Waals surface area contributed by atoms with Crippen LogP contribution in [0.4, 0.5) is 17.1 Å². The van der Waals surface area contributed by atoms with Crippen LogP contribution in [0.5, 0.6) is 0 Å². The van der Waals surface area contributed by atoms with Crippen LogP contribution >= 0.6 is 0 Å². The van der Waals surface area contributed by atoms with Crippen molar-refractivity contribution >= 4 is 33.0 Å². The quantitative estimate of drug-likeness (QED) is 0.663. The van der Waals surface area contributed by atoms with Gasteiger partial charge in [-0.25, -0.2) is 8.42 Å². The summed E-state index contributed by atoms with van der Waals surface area (Å²) < 4.78 is 32.4. The molecule has 2 aliphatic heterocycles. The van der Waals surface area contributed by atoms with Gasteiger partial charge in [-0.05, 0) is 61.4 Å². The van der Waals surface area contributed by atoms with Gasteiger partial charge in [-0.3, -0.25) is 4.79 Å². The summed E-state index contributed by atoms with van der Waals surface area (Å²) in [4.78, 5) is 14.8. The highest BCUT2D eigenvalue weighted by Crippen LogP contribution is 2.22.